The van der Waals surface area contributed by atoms with E-state index >= 15 is 0 Å². The quantitative estimate of drug-likeness (QED) is 0.307. The lowest BCUT2D eigenvalue weighted by Crippen LogP contribution is -2.60. The van der Waals surface area contributed by atoms with E-state index in [-0.39, 0.29) is 36.7 Å². The Morgan fingerprint density at radius 1 is 1.21 bits per heavy atom. The first kappa shape index (κ1) is 28.8. The first-order chi connectivity index (χ1) is 18.3. The molecule has 0 aromatic carbocycles. The Hall–Kier alpha value is -2.15. The van der Waals surface area contributed by atoms with Crippen molar-refractivity contribution in [3.05, 3.63) is 23.4 Å². The molecule has 1 saturated carbocycles. The molecule has 38 heavy (non-hydrogen) atoms. The van der Waals surface area contributed by atoms with Crippen molar-refractivity contribution >= 4 is 17.8 Å². The van der Waals surface area contributed by atoms with Crippen LogP contribution in [0.2, 0.25) is 0 Å². The van der Waals surface area contributed by atoms with Crippen LogP contribution < -0.4 is 5.32 Å². The monoisotopic (exact) mass is 528 g/mol. The molecule has 212 valence electrons. The SMILES string of the molecule is COC(=O)[C@]12C[C@H](CC(=O)NCCC(C)C)C(=O)N(CCC3=CCCCC3)C1=C[C@H](C1CCCC1)O[C@@H]2C. The number of rotatable bonds is 10. The second-order valence-electron chi connectivity index (χ2n) is 12.3. The van der Waals surface area contributed by atoms with Crippen molar-refractivity contribution in [1.29, 1.82) is 0 Å². The molecular formula is C31H48N2O5. The standard InChI is InChI=1S/C31H48N2O5/c1-21(2)14-16-32-28(34)18-25-20-31(30(36)37-4)22(3)38-26(24-12-8-9-13-24)19-27(31)33(29(25)35)17-15-23-10-6-5-7-11-23/h10,19,21-22,24-26H,5-9,11-18,20H2,1-4H3,(H,32,34)/t22-,25+,26-,31+/m1/s1. The van der Waals surface area contributed by atoms with Gasteiger partial charge in [0.25, 0.3) is 0 Å². The molecule has 2 amide bonds. The molecule has 2 aliphatic carbocycles. The molecule has 1 N–H and O–H groups in total. The average molecular weight is 529 g/mol. The molecule has 4 atom stereocenters. The lowest BCUT2D eigenvalue weighted by atomic mass is 9.66. The molecular weight excluding hydrogens is 480 g/mol. The first-order valence-corrected chi connectivity index (χ1v) is 15.0. The smallest absolute Gasteiger partial charge is 0.320 e. The molecule has 7 nitrogen and oxygen atoms in total. The Morgan fingerprint density at radius 3 is 2.63 bits per heavy atom. The molecule has 0 bridgehead atoms. The zero-order valence-electron chi connectivity index (χ0n) is 23.9. The summed E-state index contributed by atoms with van der Waals surface area (Å²) in [6.45, 7) is 7.29. The van der Waals surface area contributed by atoms with Crippen LogP contribution in [0.25, 0.3) is 0 Å². The van der Waals surface area contributed by atoms with Crippen molar-refractivity contribution in [1.82, 2.24) is 10.2 Å². The van der Waals surface area contributed by atoms with Crippen LogP contribution >= 0.6 is 0 Å². The third kappa shape index (κ3) is 6.19. The van der Waals surface area contributed by atoms with E-state index in [2.05, 4.69) is 31.3 Å². The fraction of sp³-hybridized carbons (Fsp3) is 0.774. The van der Waals surface area contributed by atoms with Crippen molar-refractivity contribution < 1.29 is 23.9 Å². The fourth-order valence-electron chi connectivity index (χ4n) is 6.96. The molecule has 4 rings (SSSR count). The van der Waals surface area contributed by atoms with Gasteiger partial charge in [0.15, 0.2) is 0 Å². The molecule has 1 saturated heterocycles. The normalized spacial score (nSPS) is 30.1. The summed E-state index contributed by atoms with van der Waals surface area (Å²) in [6.07, 6.45) is 14.9. The van der Waals surface area contributed by atoms with Crippen molar-refractivity contribution in [3.63, 3.8) is 0 Å². The predicted molar refractivity (Wildman–Crippen MR) is 147 cm³/mol. The maximum Gasteiger partial charge on any atom is 0.320 e. The Bertz CT molecular complexity index is 935. The fourth-order valence-corrected chi connectivity index (χ4v) is 6.96. The lowest BCUT2D eigenvalue weighted by molar-refractivity contribution is -0.177. The van der Waals surface area contributed by atoms with Gasteiger partial charge in [0.1, 0.15) is 5.41 Å². The highest BCUT2D eigenvalue weighted by Crippen LogP contribution is 2.52. The van der Waals surface area contributed by atoms with Crippen LogP contribution in [0.3, 0.4) is 0 Å². The summed E-state index contributed by atoms with van der Waals surface area (Å²) in [5.74, 6) is -0.270. The Balaban J connectivity index is 1.65. The van der Waals surface area contributed by atoms with Crippen LogP contribution in [0.1, 0.15) is 97.8 Å². The summed E-state index contributed by atoms with van der Waals surface area (Å²) in [5.41, 5.74) is 1.04. The number of methoxy groups -OCH3 is 1. The van der Waals surface area contributed by atoms with Crippen LogP contribution in [-0.2, 0) is 23.9 Å². The van der Waals surface area contributed by atoms with Gasteiger partial charge >= 0.3 is 5.97 Å². The minimum absolute atomic E-state index is 0.0505. The van der Waals surface area contributed by atoms with Gasteiger partial charge in [-0.25, -0.2) is 0 Å². The lowest BCUT2D eigenvalue weighted by Gasteiger charge is -2.52. The summed E-state index contributed by atoms with van der Waals surface area (Å²) in [5, 5.41) is 2.98. The van der Waals surface area contributed by atoms with Gasteiger partial charge in [-0.2, -0.15) is 0 Å². The molecule has 0 aromatic heterocycles. The van der Waals surface area contributed by atoms with Gasteiger partial charge in [0.2, 0.25) is 11.8 Å². The Morgan fingerprint density at radius 2 is 1.97 bits per heavy atom. The molecule has 4 aliphatic rings. The number of carbonyl (C=O) groups is 3. The summed E-state index contributed by atoms with van der Waals surface area (Å²) >= 11 is 0. The number of nitrogens with zero attached hydrogens (tertiary/aromatic N) is 1. The molecule has 2 fully saturated rings. The minimum Gasteiger partial charge on any atom is -0.468 e. The molecule has 7 heteroatoms. The van der Waals surface area contributed by atoms with Gasteiger partial charge < -0.3 is 19.7 Å². The first-order valence-electron chi connectivity index (χ1n) is 15.0. The second kappa shape index (κ2) is 12.8. The van der Waals surface area contributed by atoms with E-state index in [1.165, 1.54) is 38.4 Å². The second-order valence-corrected chi connectivity index (χ2v) is 12.3. The van der Waals surface area contributed by atoms with Crippen LogP contribution in [0.15, 0.2) is 23.4 Å². The average Bonchev–Trinajstić information content (AvgIpc) is 3.44. The van der Waals surface area contributed by atoms with Crippen LogP contribution in [-0.4, -0.2) is 55.1 Å². The van der Waals surface area contributed by atoms with Gasteiger partial charge in [0.05, 0.1) is 19.3 Å². The summed E-state index contributed by atoms with van der Waals surface area (Å²) in [6, 6.07) is 0. The van der Waals surface area contributed by atoms with E-state index in [0.29, 0.717) is 24.9 Å². The van der Waals surface area contributed by atoms with E-state index in [0.717, 1.165) is 44.2 Å². The van der Waals surface area contributed by atoms with Crippen LogP contribution in [0, 0.1) is 23.2 Å². The third-order valence-electron chi connectivity index (χ3n) is 9.24. The maximum absolute atomic E-state index is 14.1. The summed E-state index contributed by atoms with van der Waals surface area (Å²) < 4.78 is 12.0. The largest absolute Gasteiger partial charge is 0.468 e. The van der Waals surface area contributed by atoms with Crippen molar-refractivity contribution in [2.24, 2.45) is 23.2 Å². The number of nitrogens with one attached hydrogen (secondary N) is 1. The number of amides is 2. The van der Waals surface area contributed by atoms with Crippen molar-refractivity contribution in [3.8, 4) is 0 Å². The number of hydrogen-bond acceptors (Lipinski definition) is 5. The number of carbonyl (C=O) groups excluding carboxylic acids is 3. The topological polar surface area (TPSA) is 84.9 Å². The third-order valence-corrected chi connectivity index (χ3v) is 9.24. The number of likely N-dealkylation sites (tertiary alicyclic amines) is 1. The van der Waals surface area contributed by atoms with E-state index < -0.39 is 17.4 Å². The van der Waals surface area contributed by atoms with Gasteiger partial charge in [-0.3, -0.25) is 14.4 Å². The van der Waals surface area contributed by atoms with Gasteiger partial charge in [-0.05, 0) is 82.6 Å². The molecule has 2 heterocycles. The number of ether oxygens (including phenoxy) is 2. The highest BCUT2D eigenvalue weighted by atomic mass is 16.5. The van der Waals surface area contributed by atoms with Crippen LogP contribution in [0.4, 0.5) is 0 Å². The van der Waals surface area contributed by atoms with Crippen molar-refractivity contribution in [2.45, 2.75) is 110 Å². The Labute approximate surface area is 228 Å². The Kier molecular flexibility index (Phi) is 9.72. The zero-order chi connectivity index (χ0) is 27.3. The highest BCUT2D eigenvalue weighted by molar-refractivity contribution is 5.92. The van der Waals surface area contributed by atoms with E-state index in [4.69, 9.17) is 9.47 Å². The molecule has 0 radical (unpaired) electrons. The number of allylic oxidation sites excluding steroid dienone is 1. The van der Waals surface area contributed by atoms with E-state index in [9.17, 15) is 14.4 Å². The zero-order valence-corrected chi connectivity index (χ0v) is 23.9. The molecule has 0 spiro atoms. The van der Waals surface area contributed by atoms with Crippen molar-refractivity contribution in [2.75, 3.05) is 20.2 Å². The van der Waals surface area contributed by atoms with Gasteiger partial charge in [-0.15, -0.1) is 0 Å². The minimum atomic E-state index is -1.10. The number of piperidine rings is 1. The number of hydrogen-bond donors (Lipinski definition) is 1. The number of fused-ring (bicyclic) bond motifs is 1. The van der Waals surface area contributed by atoms with Crippen LogP contribution in [0.5, 0.6) is 0 Å². The van der Waals surface area contributed by atoms with Gasteiger partial charge in [0, 0.05) is 31.1 Å². The van der Waals surface area contributed by atoms with Gasteiger partial charge in [-0.1, -0.05) is 38.3 Å². The predicted octanol–water partition coefficient (Wildman–Crippen LogP) is 5.30. The molecule has 2 aliphatic heterocycles. The highest BCUT2D eigenvalue weighted by Gasteiger charge is 2.60. The summed E-state index contributed by atoms with van der Waals surface area (Å²) in [4.78, 5) is 42.4. The maximum atomic E-state index is 14.1. The molecule has 0 unspecified atom stereocenters. The number of esters is 1. The summed E-state index contributed by atoms with van der Waals surface area (Å²) in [7, 11) is 1.41. The van der Waals surface area contributed by atoms with E-state index in [1.807, 2.05) is 11.8 Å². The van der Waals surface area contributed by atoms with E-state index in [1.54, 1.807) is 0 Å². The molecule has 0 aromatic rings.